The fourth-order valence-electron chi connectivity index (χ4n) is 1.75. The fraction of sp³-hybridized carbons (Fsp3) is 0.188. The summed E-state index contributed by atoms with van der Waals surface area (Å²) >= 11 is 0. The summed E-state index contributed by atoms with van der Waals surface area (Å²) in [6.45, 7) is 4.51. The molecule has 0 fully saturated rings. The summed E-state index contributed by atoms with van der Waals surface area (Å²) in [4.78, 5) is 11.0. The largest absolute Gasteiger partial charge is 0.494 e. The normalized spacial score (nSPS) is 10.0. The van der Waals surface area contributed by atoms with E-state index in [9.17, 15) is 4.79 Å². The van der Waals surface area contributed by atoms with E-state index < -0.39 is 0 Å². The van der Waals surface area contributed by atoms with Gasteiger partial charge in [0.1, 0.15) is 17.2 Å². The van der Waals surface area contributed by atoms with Crippen molar-refractivity contribution in [2.75, 3.05) is 6.61 Å². The number of aldehydes is 1. The number of aryl methyl sites for hydroxylation is 1. The van der Waals surface area contributed by atoms with E-state index in [1.165, 1.54) is 0 Å². The first-order valence-corrected chi connectivity index (χ1v) is 6.19. The van der Waals surface area contributed by atoms with Gasteiger partial charge in [0.05, 0.1) is 12.2 Å². The molecule has 0 heterocycles. The van der Waals surface area contributed by atoms with Crippen molar-refractivity contribution in [1.82, 2.24) is 0 Å². The zero-order valence-electron chi connectivity index (χ0n) is 11.1. The van der Waals surface area contributed by atoms with Crippen LogP contribution in [0.15, 0.2) is 42.5 Å². The first-order chi connectivity index (χ1) is 9.22. The van der Waals surface area contributed by atoms with Crippen molar-refractivity contribution in [1.29, 1.82) is 0 Å². The predicted molar refractivity (Wildman–Crippen MR) is 74.3 cm³/mol. The van der Waals surface area contributed by atoms with Gasteiger partial charge in [-0.15, -0.1) is 0 Å². The van der Waals surface area contributed by atoms with E-state index in [-0.39, 0.29) is 0 Å². The van der Waals surface area contributed by atoms with E-state index >= 15 is 0 Å². The van der Waals surface area contributed by atoms with E-state index in [1.807, 2.05) is 44.2 Å². The molecule has 0 amide bonds. The lowest BCUT2D eigenvalue weighted by molar-refractivity contribution is 0.112. The average molecular weight is 256 g/mol. The Morgan fingerprint density at radius 1 is 1.05 bits per heavy atom. The molecule has 0 aliphatic carbocycles. The Morgan fingerprint density at radius 2 is 1.74 bits per heavy atom. The summed E-state index contributed by atoms with van der Waals surface area (Å²) in [7, 11) is 0. The molecule has 0 aliphatic rings. The van der Waals surface area contributed by atoms with E-state index in [4.69, 9.17) is 9.47 Å². The van der Waals surface area contributed by atoms with Gasteiger partial charge in [-0.25, -0.2) is 0 Å². The van der Waals surface area contributed by atoms with Crippen LogP contribution in [0.4, 0.5) is 0 Å². The van der Waals surface area contributed by atoms with Gasteiger partial charge in [-0.05, 0) is 50.2 Å². The minimum Gasteiger partial charge on any atom is -0.494 e. The number of benzene rings is 2. The third-order valence-electron chi connectivity index (χ3n) is 2.65. The molecule has 2 aromatic carbocycles. The summed E-state index contributed by atoms with van der Waals surface area (Å²) in [5.74, 6) is 2.04. The minimum atomic E-state index is 0.550. The van der Waals surface area contributed by atoms with Gasteiger partial charge in [-0.1, -0.05) is 11.6 Å². The van der Waals surface area contributed by atoms with Gasteiger partial charge < -0.3 is 9.47 Å². The minimum absolute atomic E-state index is 0.550. The highest BCUT2D eigenvalue weighted by Gasteiger charge is 2.05. The van der Waals surface area contributed by atoms with Crippen molar-refractivity contribution in [3.63, 3.8) is 0 Å². The van der Waals surface area contributed by atoms with E-state index in [0.29, 0.717) is 23.7 Å². The zero-order valence-corrected chi connectivity index (χ0v) is 11.1. The number of hydrogen-bond acceptors (Lipinski definition) is 3. The van der Waals surface area contributed by atoms with Gasteiger partial charge in [-0.3, -0.25) is 4.79 Å². The predicted octanol–water partition coefficient (Wildman–Crippen LogP) is 4.00. The molecule has 0 N–H and O–H groups in total. The Labute approximate surface area is 112 Å². The molecule has 0 unspecified atom stereocenters. The second-order valence-electron chi connectivity index (χ2n) is 4.17. The quantitative estimate of drug-likeness (QED) is 0.758. The van der Waals surface area contributed by atoms with Crippen LogP contribution in [0.25, 0.3) is 0 Å². The maximum atomic E-state index is 11.0. The zero-order chi connectivity index (χ0) is 13.7. The summed E-state index contributed by atoms with van der Waals surface area (Å²) in [5, 5.41) is 0. The summed E-state index contributed by atoms with van der Waals surface area (Å²) in [6, 6.07) is 12.8. The van der Waals surface area contributed by atoms with E-state index in [1.54, 1.807) is 12.1 Å². The smallest absolute Gasteiger partial charge is 0.153 e. The Morgan fingerprint density at radius 3 is 2.37 bits per heavy atom. The molecule has 19 heavy (non-hydrogen) atoms. The third-order valence-corrected chi connectivity index (χ3v) is 2.65. The Kier molecular flexibility index (Phi) is 4.18. The number of hydrogen-bond donors (Lipinski definition) is 0. The molecule has 0 saturated heterocycles. The van der Waals surface area contributed by atoms with Gasteiger partial charge >= 0.3 is 0 Å². The van der Waals surface area contributed by atoms with Gasteiger partial charge in [0, 0.05) is 0 Å². The van der Waals surface area contributed by atoms with Crippen LogP contribution in [0.5, 0.6) is 17.2 Å². The maximum Gasteiger partial charge on any atom is 0.153 e. The Hall–Kier alpha value is -2.29. The van der Waals surface area contributed by atoms with Crippen molar-refractivity contribution in [3.8, 4) is 17.2 Å². The maximum absolute atomic E-state index is 11.0. The Bertz CT molecular complexity index is 559. The molecule has 0 aromatic heterocycles. The molecule has 0 aliphatic heterocycles. The van der Waals surface area contributed by atoms with Gasteiger partial charge in [0.15, 0.2) is 6.29 Å². The molecule has 0 atom stereocenters. The average Bonchev–Trinajstić information content (AvgIpc) is 2.43. The molecule has 0 radical (unpaired) electrons. The first-order valence-electron chi connectivity index (χ1n) is 6.19. The van der Waals surface area contributed by atoms with Gasteiger partial charge in [-0.2, -0.15) is 0 Å². The van der Waals surface area contributed by atoms with Gasteiger partial charge in [0.25, 0.3) is 0 Å². The number of rotatable bonds is 5. The third kappa shape index (κ3) is 3.35. The van der Waals surface area contributed by atoms with Crippen LogP contribution in [0.3, 0.4) is 0 Å². The van der Waals surface area contributed by atoms with Crippen LogP contribution in [-0.4, -0.2) is 12.9 Å². The monoisotopic (exact) mass is 256 g/mol. The highest BCUT2D eigenvalue weighted by Crippen LogP contribution is 2.26. The van der Waals surface area contributed by atoms with Crippen LogP contribution in [0.2, 0.25) is 0 Å². The molecule has 2 aromatic rings. The number of carbonyl (C=O) groups is 1. The van der Waals surface area contributed by atoms with Crippen LogP contribution in [0.1, 0.15) is 22.8 Å². The summed E-state index contributed by atoms with van der Waals surface area (Å²) in [5.41, 5.74) is 1.58. The fourth-order valence-corrected chi connectivity index (χ4v) is 1.75. The number of ether oxygens (including phenoxy) is 2. The van der Waals surface area contributed by atoms with E-state index in [0.717, 1.165) is 17.6 Å². The van der Waals surface area contributed by atoms with Crippen LogP contribution < -0.4 is 9.47 Å². The van der Waals surface area contributed by atoms with Gasteiger partial charge in [0.2, 0.25) is 0 Å². The highest BCUT2D eigenvalue weighted by atomic mass is 16.5. The molecule has 3 nitrogen and oxygen atoms in total. The molecule has 98 valence electrons. The molecule has 0 saturated carbocycles. The highest BCUT2D eigenvalue weighted by molar-refractivity contribution is 5.79. The lowest BCUT2D eigenvalue weighted by atomic mass is 10.1. The van der Waals surface area contributed by atoms with Crippen molar-refractivity contribution in [2.45, 2.75) is 13.8 Å². The standard InChI is InChI=1S/C16H16O3/c1-3-18-14-5-7-15(8-6-14)19-16-9-4-12(2)10-13(16)11-17/h4-11H,3H2,1-2H3. The van der Waals surface area contributed by atoms with Crippen molar-refractivity contribution in [3.05, 3.63) is 53.6 Å². The molecule has 0 spiro atoms. The molecular weight excluding hydrogens is 240 g/mol. The topological polar surface area (TPSA) is 35.5 Å². The number of carbonyl (C=O) groups excluding carboxylic acids is 1. The van der Waals surface area contributed by atoms with E-state index in [2.05, 4.69) is 0 Å². The second-order valence-corrected chi connectivity index (χ2v) is 4.17. The van der Waals surface area contributed by atoms with Crippen LogP contribution in [0, 0.1) is 6.92 Å². The summed E-state index contributed by atoms with van der Waals surface area (Å²) < 4.78 is 11.1. The lowest BCUT2D eigenvalue weighted by Gasteiger charge is -2.09. The molecular formula is C16H16O3. The first kappa shape index (κ1) is 13.1. The molecule has 2 rings (SSSR count). The second kappa shape index (κ2) is 6.05. The molecule has 3 heteroatoms. The van der Waals surface area contributed by atoms with Crippen LogP contribution >= 0.6 is 0 Å². The molecule has 0 bridgehead atoms. The van der Waals surface area contributed by atoms with Crippen molar-refractivity contribution in [2.24, 2.45) is 0 Å². The SMILES string of the molecule is CCOc1ccc(Oc2ccc(C)cc2C=O)cc1. The Balaban J connectivity index is 2.18. The van der Waals surface area contributed by atoms with Crippen molar-refractivity contribution < 1.29 is 14.3 Å². The summed E-state index contributed by atoms with van der Waals surface area (Å²) in [6.07, 6.45) is 0.802. The lowest BCUT2D eigenvalue weighted by Crippen LogP contribution is -1.93. The van der Waals surface area contributed by atoms with Crippen molar-refractivity contribution >= 4 is 6.29 Å². The van der Waals surface area contributed by atoms with Crippen LogP contribution in [-0.2, 0) is 0 Å².